The monoisotopic (exact) mass is 238 g/mol. The molecular weight excluding hydrogens is 216 g/mol. The summed E-state index contributed by atoms with van der Waals surface area (Å²) in [4.78, 5) is 12.3. The Balaban J connectivity index is 1.85. The van der Waals surface area contributed by atoms with E-state index in [0.29, 0.717) is 12.0 Å². The molecule has 1 spiro atoms. The lowest BCUT2D eigenvalue weighted by Gasteiger charge is -2.28. The van der Waals surface area contributed by atoms with Gasteiger partial charge in [-0.15, -0.1) is 0 Å². The van der Waals surface area contributed by atoms with Crippen LogP contribution in [0.5, 0.6) is 0 Å². The van der Waals surface area contributed by atoms with Gasteiger partial charge in [0.2, 0.25) is 5.91 Å². The van der Waals surface area contributed by atoms with Crippen LogP contribution in [0.15, 0.2) is 0 Å². The first-order valence-electron chi connectivity index (χ1n) is 6.91. The maximum atomic E-state index is 12.3. The number of carbonyl (C=O) groups is 1. The lowest BCUT2D eigenvalue weighted by atomic mass is 9.71. The van der Waals surface area contributed by atoms with Crippen molar-refractivity contribution in [2.45, 2.75) is 50.6 Å². The van der Waals surface area contributed by atoms with Gasteiger partial charge in [0, 0.05) is 18.6 Å². The summed E-state index contributed by atoms with van der Waals surface area (Å²) >= 11 is 0. The van der Waals surface area contributed by atoms with Crippen molar-refractivity contribution in [3.05, 3.63) is 0 Å². The van der Waals surface area contributed by atoms with Crippen LogP contribution in [0.25, 0.3) is 0 Å². The Kier molecular flexibility index (Phi) is 2.87. The Labute approximate surface area is 102 Å². The molecule has 0 aromatic carbocycles. The van der Waals surface area contributed by atoms with Gasteiger partial charge in [-0.05, 0) is 25.2 Å². The largest absolute Gasteiger partial charge is 0.395 e. The van der Waals surface area contributed by atoms with E-state index in [0.717, 1.165) is 19.4 Å². The van der Waals surface area contributed by atoms with Crippen LogP contribution >= 0.6 is 0 Å². The second-order valence-corrected chi connectivity index (χ2v) is 5.95. The van der Waals surface area contributed by atoms with Gasteiger partial charge in [-0.1, -0.05) is 19.3 Å². The molecule has 3 aliphatic rings. The van der Waals surface area contributed by atoms with E-state index in [4.69, 9.17) is 0 Å². The summed E-state index contributed by atoms with van der Waals surface area (Å²) in [6.45, 7) is 0.900. The van der Waals surface area contributed by atoms with Crippen LogP contribution in [-0.2, 0) is 4.79 Å². The van der Waals surface area contributed by atoms with Gasteiger partial charge in [0.05, 0.1) is 12.0 Å². The highest BCUT2D eigenvalue weighted by Crippen LogP contribution is 2.47. The van der Waals surface area contributed by atoms with Crippen molar-refractivity contribution < 1.29 is 9.90 Å². The number of hydrogen-bond acceptors (Lipinski definition) is 3. The first-order valence-corrected chi connectivity index (χ1v) is 6.91. The van der Waals surface area contributed by atoms with E-state index in [1.165, 1.54) is 25.7 Å². The Morgan fingerprint density at radius 3 is 2.88 bits per heavy atom. The van der Waals surface area contributed by atoms with Gasteiger partial charge in [-0.3, -0.25) is 4.79 Å². The Morgan fingerprint density at radius 2 is 2.12 bits per heavy atom. The molecule has 1 saturated carbocycles. The summed E-state index contributed by atoms with van der Waals surface area (Å²) in [6, 6.07) is 0.506. The molecule has 2 heterocycles. The molecule has 0 bridgehead atoms. The number of aliphatic hydroxyl groups is 1. The van der Waals surface area contributed by atoms with Crippen LogP contribution in [0.4, 0.5) is 0 Å². The number of nitrogens with one attached hydrogen (secondary N) is 2. The number of carbonyl (C=O) groups excluding carboxylic acids is 1. The second-order valence-electron chi connectivity index (χ2n) is 5.95. The summed E-state index contributed by atoms with van der Waals surface area (Å²) in [5, 5.41) is 15.8. The van der Waals surface area contributed by atoms with Crippen molar-refractivity contribution in [3.63, 3.8) is 0 Å². The minimum absolute atomic E-state index is 0.114. The van der Waals surface area contributed by atoms with Gasteiger partial charge >= 0.3 is 0 Å². The SMILES string of the molecule is O=C1NC2CCCCCC2C12CNC(CO)C2. The van der Waals surface area contributed by atoms with E-state index in [9.17, 15) is 9.90 Å². The van der Waals surface area contributed by atoms with E-state index in [2.05, 4.69) is 10.6 Å². The predicted molar refractivity (Wildman–Crippen MR) is 64.4 cm³/mol. The smallest absolute Gasteiger partial charge is 0.228 e. The third-order valence-corrected chi connectivity index (χ3v) is 5.03. The van der Waals surface area contributed by atoms with Gasteiger partial charge < -0.3 is 15.7 Å². The fourth-order valence-corrected chi connectivity index (χ4v) is 4.12. The van der Waals surface area contributed by atoms with E-state index in [-0.39, 0.29) is 24.0 Å². The van der Waals surface area contributed by atoms with E-state index in [1.807, 2.05) is 0 Å². The molecule has 2 aliphatic heterocycles. The van der Waals surface area contributed by atoms with Crippen molar-refractivity contribution in [2.24, 2.45) is 11.3 Å². The number of fused-ring (bicyclic) bond motifs is 2. The quantitative estimate of drug-likeness (QED) is 0.620. The number of aliphatic hydroxyl groups excluding tert-OH is 1. The average Bonchev–Trinajstić information content (AvgIpc) is 2.78. The third kappa shape index (κ3) is 1.69. The van der Waals surface area contributed by atoms with Gasteiger partial charge in [0.25, 0.3) is 0 Å². The fourth-order valence-electron chi connectivity index (χ4n) is 4.12. The first kappa shape index (κ1) is 11.5. The van der Waals surface area contributed by atoms with Crippen molar-refractivity contribution >= 4 is 5.91 Å². The summed E-state index contributed by atoms with van der Waals surface area (Å²) in [5.41, 5.74) is -0.220. The molecular formula is C13H22N2O2. The topological polar surface area (TPSA) is 61.4 Å². The fraction of sp³-hybridized carbons (Fsp3) is 0.923. The molecule has 1 aliphatic carbocycles. The average molecular weight is 238 g/mol. The molecule has 2 saturated heterocycles. The van der Waals surface area contributed by atoms with Crippen molar-refractivity contribution in [3.8, 4) is 0 Å². The van der Waals surface area contributed by atoms with Crippen LogP contribution < -0.4 is 10.6 Å². The van der Waals surface area contributed by atoms with Gasteiger partial charge in [-0.2, -0.15) is 0 Å². The second kappa shape index (κ2) is 4.25. The maximum absolute atomic E-state index is 12.3. The number of hydrogen-bond donors (Lipinski definition) is 3. The van der Waals surface area contributed by atoms with Crippen LogP contribution in [0.1, 0.15) is 38.5 Å². The molecule has 0 aromatic rings. The molecule has 0 radical (unpaired) electrons. The van der Waals surface area contributed by atoms with Crippen molar-refractivity contribution in [2.75, 3.05) is 13.2 Å². The minimum atomic E-state index is -0.220. The number of amides is 1. The van der Waals surface area contributed by atoms with Crippen molar-refractivity contribution in [1.82, 2.24) is 10.6 Å². The Hall–Kier alpha value is -0.610. The van der Waals surface area contributed by atoms with Crippen LogP contribution in [0.3, 0.4) is 0 Å². The molecule has 17 heavy (non-hydrogen) atoms. The zero-order valence-corrected chi connectivity index (χ0v) is 10.2. The summed E-state index contributed by atoms with van der Waals surface area (Å²) in [6.07, 6.45) is 6.92. The van der Waals surface area contributed by atoms with Crippen molar-refractivity contribution in [1.29, 1.82) is 0 Å². The molecule has 0 aromatic heterocycles. The number of rotatable bonds is 1. The standard InChI is InChI=1S/C13H22N2O2/c16-7-9-6-13(8-14-9)10-4-2-1-3-5-11(10)15-12(13)17/h9-11,14,16H,1-8H2,(H,15,17). The lowest BCUT2D eigenvalue weighted by molar-refractivity contribution is -0.128. The Morgan fingerprint density at radius 1 is 1.29 bits per heavy atom. The highest BCUT2D eigenvalue weighted by molar-refractivity contribution is 5.86. The zero-order valence-electron chi connectivity index (χ0n) is 10.2. The Bertz CT molecular complexity index is 321. The highest BCUT2D eigenvalue weighted by atomic mass is 16.3. The predicted octanol–water partition coefficient (Wildman–Crippen LogP) is 0.406. The maximum Gasteiger partial charge on any atom is 0.228 e. The minimum Gasteiger partial charge on any atom is -0.395 e. The van der Waals surface area contributed by atoms with Gasteiger partial charge in [0.15, 0.2) is 0 Å². The molecule has 96 valence electrons. The van der Waals surface area contributed by atoms with Gasteiger partial charge in [-0.25, -0.2) is 0 Å². The molecule has 3 N–H and O–H groups in total. The zero-order chi connectivity index (χ0) is 11.9. The first-order chi connectivity index (χ1) is 8.26. The molecule has 3 fully saturated rings. The molecule has 4 heteroatoms. The highest BCUT2D eigenvalue weighted by Gasteiger charge is 2.57. The lowest BCUT2D eigenvalue weighted by Crippen LogP contribution is -2.37. The third-order valence-electron chi connectivity index (χ3n) is 5.03. The molecule has 4 atom stereocenters. The van der Waals surface area contributed by atoms with Crippen LogP contribution in [-0.4, -0.2) is 36.2 Å². The molecule has 4 nitrogen and oxygen atoms in total. The summed E-state index contributed by atoms with van der Waals surface area (Å²) < 4.78 is 0. The van der Waals surface area contributed by atoms with E-state index >= 15 is 0 Å². The molecule has 3 rings (SSSR count). The van der Waals surface area contributed by atoms with Crippen LogP contribution in [0.2, 0.25) is 0 Å². The molecule has 4 unspecified atom stereocenters. The van der Waals surface area contributed by atoms with Gasteiger partial charge in [0.1, 0.15) is 0 Å². The summed E-state index contributed by atoms with van der Waals surface area (Å²) in [7, 11) is 0. The van der Waals surface area contributed by atoms with Crippen LogP contribution in [0, 0.1) is 11.3 Å². The normalized spacial score (nSPS) is 45.7. The molecule has 1 amide bonds. The van der Waals surface area contributed by atoms with E-state index in [1.54, 1.807) is 0 Å². The van der Waals surface area contributed by atoms with E-state index < -0.39 is 0 Å². The summed E-state index contributed by atoms with van der Waals surface area (Å²) in [5.74, 6) is 0.722.